The standard InChI is InChI=1S/C17H28N2O2/c1-14(16(20)21)19(5)13-17(2,3)12-18(4)11-15-9-7-6-8-10-15/h6-10,14H,11-13H2,1-5H3,(H,20,21). The normalized spacial score (nSPS) is 13.7. The Kier molecular flexibility index (Phi) is 6.37. The molecule has 0 saturated heterocycles. The van der Waals surface area contributed by atoms with Gasteiger partial charge in [0.05, 0.1) is 0 Å². The lowest BCUT2D eigenvalue weighted by molar-refractivity contribution is -0.142. The van der Waals surface area contributed by atoms with E-state index in [4.69, 9.17) is 5.11 Å². The van der Waals surface area contributed by atoms with Gasteiger partial charge >= 0.3 is 5.97 Å². The molecule has 1 atom stereocenters. The van der Waals surface area contributed by atoms with Crippen LogP contribution in [0.3, 0.4) is 0 Å². The highest BCUT2D eigenvalue weighted by atomic mass is 16.4. The summed E-state index contributed by atoms with van der Waals surface area (Å²) in [5.41, 5.74) is 1.32. The summed E-state index contributed by atoms with van der Waals surface area (Å²) in [7, 11) is 3.98. The van der Waals surface area contributed by atoms with Crippen LogP contribution in [0.1, 0.15) is 26.3 Å². The molecule has 1 N–H and O–H groups in total. The van der Waals surface area contributed by atoms with E-state index in [-0.39, 0.29) is 5.41 Å². The first-order chi connectivity index (χ1) is 9.71. The van der Waals surface area contributed by atoms with Crippen molar-refractivity contribution < 1.29 is 9.90 Å². The number of hydrogen-bond donors (Lipinski definition) is 1. The summed E-state index contributed by atoms with van der Waals surface area (Å²) in [6.07, 6.45) is 0. The molecule has 1 rings (SSSR count). The Morgan fingerprint density at radius 3 is 2.29 bits per heavy atom. The molecular weight excluding hydrogens is 264 g/mol. The Bertz CT molecular complexity index is 445. The van der Waals surface area contributed by atoms with Crippen molar-refractivity contribution in [1.29, 1.82) is 0 Å². The summed E-state index contributed by atoms with van der Waals surface area (Å²) in [6, 6.07) is 9.93. The molecule has 0 radical (unpaired) electrons. The van der Waals surface area contributed by atoms with Gasteiger partial charge in [-0.25, -0.2) is 0 Å². The van der Waals surface area contributed by atoms with Gasteiger partial charge in [-0.2, -0.15) is 0 Å². The lowest BCUT2D eigenvalue weighted by atomic mass is 9.91. The number of aliphatic carboxylic acids is 1. The zero-order valence-corrected chi connectivity index (χ0v) is 13.8. The molecule has 1 aromatic rings. The van der Waals surface area contributed by atoms with Crippen LogP contribution in [-0.2, 0) is 11.3 Å². The van der Waals surface area contributed by atoms with Crippen molar-refractivity contribution in [1.82, 2.24) is 9.80 Å². The van der Waals surface area contributed by atoms with Gasteiger partial charge in [0.1, 0.15) is 6.04 Å². The van der Waals surface area contributed by atoms with Gasteiger partial charge < -0.3 is 10.0 Å². The number of hydrogen-bond acceptors (Lipinski definition) is 3. The van der Waals surface area contributed by atoms with Crippen LogP contribution in [0.5, 0.6) is 0 Å². The molecule has 0 aliphatic heterocycles. The maximum Gasteiger partial charge on any atom is 0.320 e. The Balaban J connectivity index is 2.53. The molecule has 4 nitrogen and oxygen atoms in total. The number of carboxylic acids is 1. The van der Waals surface area contributed by atoms with Crippen molar-refractivity contribution in [2.24, 2.45) is 5.41 Å². The van der Waals surface area contributed by atoms with Crippen LogP contribution < -0.4 is 0 Å². The minimum Gasteiger partial charge on any atom is -0.480 e. The fraction of sp³-hybridized carbons (Fsp3) is 0.588. The third-order valence-electron chi connectivity index (χ3n) is 3.69. The van der Waals surface area contributed by atoms with Crippen LogP contribution in [0.4, 0.5) is 0 Å². The summed E-state index contributed by atoms with van der Waals surface area (Å²) in [5.74, 6) is -0.772. The number of likely N-dealkylation sites (N-methyl/N-ethyl adjacent to an activating group) is 1. The lowest BCUT2D eigenvalue weighted by Crippen LogP contribution is -2.45. The van der Waals surface area contributed by atoms with Crippen molar-refractivity contribution in [3.63, 3.8) is 0 Å². The zero-order chi connectivity index (χ0) is 16.0. The molecular formula is C17H28N2O2. The predicted molar refractivity (Wildman–Crippen MR) is 86.3 cm³/mol. The first-order valence-electron chi connectivity index (χ1n) is 7.37. The molecule has 4 heteroatoms. The van der Waals surface area contributed by atoms with Crippen LogP contribution >= 0.6 is 0 Å². The Hall–Kier alpha value is -1.39. The molecule has 0 saturated carbocycles. The van der Waals surface area contributed by atoms with Gasteiger partial charge in [0.2, 0.25) is 0 Å². The van der Waals surface area contributed by atoms with E-state index in [0.29, 0.717) is 0 Å². The second kappa shape index (κ2) is 7.57. The van der Waals surface area contributed by atoms with Gasteiger partial charge in [-0.1, -0.05) is 44.2 Å². The molecule has 0 heterocycles. The van der Waals surface area contributed by atoms with Crippen molar-refractivity contribution in [3.05, 3.63) is 35.9 Å². The Morgan fingerprint density at radius 2 is 1.76 bits per heavy atom. The Morgan fingerprint density at radius 1 is 1.19 bits per heavy atom. The third-order valence-corrected chi connectivity index (χ3v) is 3.69. The quantitative estimate of drug-likeness (QED) is 0.800. The zero-order valence-electron chi connectivity index (χ0n) is 13.8. The summed E-state index contributed by atoms with van der Waals surface area (Å²) >= 11 is 0. The van der Waals surface area contributed by atoms with Gasteiger partial charge in [0.25, 0.3) is 0 Å². The lowest BCUT2D eigenvalue weighted by Gasteiger charge is -2.35. The highest BCUT2D eigenvalue weighted by molar-refractivity contribution is 5.72. The topological polar surface area (TPSA) is 43.8 Å². The minimum absolute atomic E-state index is 0.0298. The molecule has 118 valence electrons. The SMILES string of the molecule is CC(C(=O)O)N(C)CC(C)(C)CN(C)Cc1ccccc1. The average Bonchev–Trinajstić information content (AvgIpc) is 2.37. The predicted octanol–water partition coefficient (Wildman–Crippen LogP) is 2.55. The highest BCUT2D eigenvalue weighted by Gasteiger charge is 2.26. The van der Waals surface area contributed by atoms with Crippen LogP contribution in [-0.4, -0.2) is 54.1 Å². The second-order valence-electron chi connectivity index (χ2n) is 6.75. The number of rotatable bonds is 8. The van der Waals surface area contributed by atoms with E-state index >= 15 is 0 Å². The number of benzene rings is 1. The van der Waals surface area contributed by atoms with Crippen LogP contribution in [0, 0.1) is 5.41 Å². The number of carbonyl (C=O) groups is 1. The van der Waals surface area contributed by atoms with Crippen molar-refractivity contribution in [2.45, 2.75) is 33.4 Å². The largest absolute Gasteiger partial charge is 0.480 e. The van der Waals surface area contributed by atoms with Gasteiger partial charge in [-0.05, 0) is 32.0 Å². The Labute approximate surface area is 128 Å². The van der Waals surface area contributed by atoms with Crippen molar-refractivity contribution in [3.8, 4) is 0 Å². The van der Waals surface area contributed by atoms with Gasteiger partial charge in [-0.15, -0.1) is 0 Å². The fourth-order valence-corrected chi connectivity index (χ4v) is 2.73. The van der Waals surface area contributed by atoms with E-state index in [2.05, 4.69) is 50.1 Å². The molecule has 0 bridgehead atoms. The van der Waals surface area contributed by atoms with E-state index in [0.717, 1.165) is 19.6 Å². The number of carboxylic acid groups (broad SMARTS) is 1. The molecule has 21 heavy (non-hydrogen) atoms. The maximum atomic E-state index is 11.0. The minimum atomic E-state index is -0.772. The molecule has 0 spiro atoms. The van der Waals surface area contributed by atoms with E-state index in [1.165, 1.54) is 5.56 Å². The van der Waals surface area contributed by atoms with E-state index in [1.807, 2.05) is 18.0 Å². The van der Waals surface area contributed by atoms with Gasteiger partial charge in [0, 0.05) is 19.6 Å². The molecule has 0 aromatic heterocycles. The fourth-order valence-electron chi connectivity index (χ4n) is 2.73. The summed E-state index contributed by atoms with van der Waals surface area (Å²) in [5, 5.41) is 9.07. The molecule has 1 aromatic carbocycles. The highest BCUT2D eigenvalue weighted by Crippen LogP contribution is 2.20. The molecule has 0 fully saturated rings. The third kappa shape index (κ3) is 6.27. The maximum absolute atomic E-state index is 11.0. The number of nitrogens with zero attached hydrogens (tertiary/aromatic N) is 2. The summed E-state index contributed by atoms with van der Waals surface area (Å²) in [6.45, 7) is 8.66. The van der Waals surface area contributed by atoms with Crippen LogP contribution in [0.15, 0.2) is 30.3 Å². The first kappa shape index (κ1) is 17.7. The van der Waals surface area contributed by atoms with Crippen molar-refractivity contribution in [2.75, 3.05) is 27.2 Å². The average molecular weight is 292 g/mol. The van der Waals surface area contributed by atoms with Crippen molar-refractivity contribution >= 4 is 5.97 Å². The first-order valence-corrected chi connectivity index (χ1v) is 7.37. The van der Waals surface area contributed by atoms with Gasteiger partial charge in [-0.3, -0.25) is 9.69 Å². The van der Waals surface area contributed by atoms with Crippen LogP contribution in [0.2, 0.25) is 0 Å². The monoisotopic (exact) mass is 292 g/mol. The van der Waals surface area contributed by atoms with E-state index in [1.54, 1.807) is 6.92 Å². The van der Waals surface area contributed by atoms with E-state index in [9.17, 15) is 4.79 Å². The molecule has 0 aliphatic rings. The molecule has 1 unspecified atom stereocenters. The summed E-state index contributed by atoms with van der Waals surface area (Å²) in [4.78, 5) is 15.2. The van der Waals surface area contributed by atoms with Crippen LogP contribution in [0.25, 0.3) is 0 Å². The van der Waals surface area contributed by atoms with E-state index < -0.39 is 12.0 Å². The smallest absolute Gasteiger partial charge is 0.320 e. The molecule has 0 amide bonds. The summed E-state index contributed by atoms with van der Waals surface area (Å²) < 4.78 is 0. The second-order valence-corrected chi connectivity index (χ2v) is 6.75. The molecule has 0 aliphatic carbocycles. The van der Waals surface area contributed by atoms with Gasteiger partial charge in [0.15, 0.2) is 0 Å².